The van der Waals surface area contributed by atoms with Gasteiger partial charge in [0.05, 0.1) is 10.9 Å². The smallest absolute Gasteiger partial charge is 0.262 e. The van der Waals surface area contributed by atoms with Gasteiger partial charge in [0.15, 0.2) is 5.16 Å². The predicted molar refractivity (Wildman–Crippen MR) is 150 cm³/mol. The monoisotopic (exact) mass is 519 g/mol. The Morgan fingerprint density at radius 2 is 1.57 bits per heavy atom. The van der Waals surface area contributed by atoms with Gasteiger partial charge in [-0.2, -0.15) is 0 Å². The Labute approximate surface area is 223 Å². The summed E-state index contributed by atoms with van der Waals surface area (Å²) in [6.45, 7) is 10.2. The van der Waals surface area contributed by atoms with Crippen molar-refractivity contribution in [1.29, 1.82) is 0 Å². The van der Waals surface area contributed by atoms with Crippen LogP contribution in [0.2, 0.25) is 0 Å². The number of amides is 1. The highest BCUT2D eigenvalue weighted by molar-refractivity contribution is 7.98. The van der Waals surface area contributed by atoms with Crippen molar-refractivity contribution in [2.75, 3.05) is 52.4 Å². The summed E-state index contributed by atoms with van der Waals surface area (Å²) in [4.78, 5) is 37.7. The van der Waals surface area contributed by atoms with Crippen molar-refractivity contribution in [3.05, 3.63) is 69.5 Å². The molecule has 8 heteroatoms. The van der Waals surface area contributed by atoms with Crippen LogP contribution in [0.5, 0.6) is 0 Å². The van der Waals surface area contributed by atoms with Gasteiger partial charge in [-0.15, -0.1) is 0 Å². The van der Waals surface area contributed by atoms with Crippen LogP contribution in [0.3, 0.4) is 0 Å². The molecule has 37 heavy (non-hydrogen) atoms. The van der Waals surface area contributed by atoms with Crippen LogP contribution in [0, 0.1) is 6.92 Å². The number of piperidine rings is 1. The number of aryl methyl sites for hydroxylation is 1. The second-order valence-corrected chi connectivity index (χ2v) is 11.2. The molecule has 2 fully saturated rings. The second-order valence-electron chi connectivity index (χ2n) is 10.2. The van der Waals surface area contributed by atoms with Crippen LogP contribution < -0.4 is 5.56 Å². The van der Waals surface area contributed by atoms with Crippen LogP contribution in [-0.4, -0.2) is 82.5 Å². The summed E-state index contributed by atoms with van der Waals surface area (Å²) >= 11 is 1.54. The summed E-state index contributed by atoms with van der Waals surface area (Å²) in [6, 6.07) is 13.6. The first kappa shape index (κ1) is 25.9. The zero-order chi connectivity index (χ0) is 25.8. The molecule has 2 aromatic carbocycles. The van der Waals surface area contributed by atoms with Crippen molar-refractivity contribution in [2.24, 2.45) is 7.05 Å². The molecule has 5 rings (SSSR count). The lowest BCUT2D eigenvalue weighted by Crippen LogP contribution is -2.50. The molecule has 0 aliphatic carbocycles. The highest BCUT2D eigenvalue weighted by Gasteiger charge is 2.22. The zero-order valence-corrected chi connectivity index (χ0v) is 22.8. The Morgan fingerprint density at radius 3 is 2.27 bits per heavy atom. The lowest BCUT2D eigenvalue weighted by Gasteiger charge is -2.36. The van der Waals surface area contributed by atoms with E-state index in [0.717, 1.165) is 61.5 Å². The Bertz CT molecular complexity index is 1290. The number of carbonyl (C=O) groups excluding carboxylic acids is 1. The van der Waals surface area contributed by atoms with Crippen molar-refractivity contribution in [3.8, 4) is 0 Å². The number of piperazine rings is 1. The summed E-state index contributed by atoms with van der Waals surface area (Å²) in [5.74, 6) is 0.797. The van der Waals surface area contributed by atoms with Crippen LogP contribution >= 0.6 is 11.8 Å². The molecule has 1 amide bonds. The largest absolute Gasteiger partial charge is 0.336 e. The highest BCUT2D eigenvalue weighted by atomic mass is 32.2. The molecule has 0 saturated carbocycles. The molecule has 0 bridgehead atoms. The van der Waals surface area contributed by atoms with E-state index in [2.05, 4.69) is 9.80 Å². The van der Waals surface area contributed by atoms with Gasteiger partial charge in [0.25, 0.3) is 11.5 Å². The molecule has 7 nitrogen and oxygen atoms in total. The fourth-order valence-corrected chi connectivity index (χ4v) is 6.23. The zero-order valence-electron chi connectivity index (χ0n) is 22.0. The summed E-state index contributed by atoms with van der Waals surface area (Å²) in [6.07, 6.45) is 4.04. The number of aromatic nitrogens is 2. The van der Waals surface area contributed by atoms with Crippen LogP contribution in [0.1, 0.15) is 40.7 Å². The van der Waals surface area contributed by atoms with Crippen LogP contribution in [0.15, 0.2) is 52.4 Å². The predicted octanol–water partition coefficient (Wildman–Crippen LogP) is 3.78. The van der Waals surface area contributed by atoms with Crippen LogP contribution in [0.25, 0.3) is 10.9 Å². The molecule has 3 aromatic rings. The van der Waals surface area contributed by atoms with E-state index in [1.165, 1.54) is 44.1 Å². The summed E-state index contributed by atoms with van der Waals surface area (Å²) in [5.41, 5.74) is 3.50. The Balaban J connectivity index is 1.13. The first-order valence-corrected chi connectivity index (χ1v) is 14.4. The Kier molecular flexibility index (Phi) is 8.27. The number of benzene rings is 2. The Morgan fingerprint density at radius 1 is 0.892 bits per heavy atom. The molecule has 2 aliphatic rings. The van der Waals surface area contributed by atoms with E-state index in [-0.39, 0.29) is 11.5 Å². The minimum Gasteiger partial charge on any atom is -0.336 e. The summed E-state index contributed by atoms with van der Waals surface area (Å²) < 4.78 is 1.63. The van der Waals surface area contributed by atoms with E-state index >= 15 is 0 Å². The molecule has 2 aliphatic heterocycles. The number of fused-ring (bicyclic) bond motifs is 1. The van der Waals surface area contributed by atoms with Crippen molar-refractivity contribution in [1.82, 2.24) is 24.3 Å². The van der Waals surface area contributed by atoms with Gasteiger partial charge in [-0.25, -0.2) is 4.98 Å². The average Bonchev–Trinajstić information content (AvgIpc) is 2.94. The summed E-state index contributed by atoms with van der Waals surface area (Å²) in [7, 11) is 1.78. The standard InChI is InChI=1S/C29H37N5O2S/c1-22-7-6-8-25-26(22)28(36)31(2)29(30-25)37-21-23-9-11-24(12-10-23)27(35)34-19-17-33(18-20-34)16-15-32-13-4-3-5-14-32/h6-12H,3-5,13-21H2,1-2H3. The molecule has 2 saturated heterocycles. The first-order valence-electron chi connectivity index (χ1n) is 13.4. The number of thioether (sulfide) groups is 1. The van der Waals surface area contributed by atoms with Gasteiger partial charge >= 0.3 is 0 Å². The molecule has 0 N–H and O–H groups in total. The molecule has 3 heterocycles. The van der Waals surface area contributed by atoms with Crippen molar-refractivity contribution < 1.29 is 4.79 Å². The Hall–Kier alpha value is -2.68. The third kappa shape index (κ3) is 6.08. The number of hydrogen-bond acceptors (Lipinski definition) is 6. The van der Waals surface area contributed by atoms with E-state index in [9.17, 15) is 9.59 Å². The van der Waals surface area contributed by atoms with Gasteiger partial charge in [0.1, 0.15) is 0 Å². The minimum atomic E-state index is -0.0156. The van der Waals surface area contributed by atoms with Gasteiger partial charge in [-0.1, -0.05) is 42.4 Å². The van der Waals surface area contributed by atoms with Crippen molar-refractivity contribution in [2.45, 2.75) is 37.1 Å². The molecule has 0 atom stereocenters. The van der Waals surface area contributed by atoms with Crippen LogP contribution in [0.4, 0.5) is 0 Å². The quantitative estimate of drug-likeness (QED) is 0.350. The molecule has 0 unspecified atom stereocenters. The van der Waals surface area contributed by atoms with Gasteiger partial charge in [0, 0.05) is 57.6 Å². The normalized spacial score (nSPS) is 17.4. The fraction of sp³-hybridized carbons (Fsp3) is 0.483. The number of rotatable bonds is 7. The molecule has 0 spiro atoms. The first-order chi connectivity index (χ1) is 18.0. The molecular formula is C29H37N5O2S. The summed E-state index contributed by atoms with van der Waals surface area (Å²) in [5, 5.41) is 1.38. The van der Waals surface area contributed by atoms with Crippen molar-refractivity contribution in [3.63, 3.8) is 0 Å². The lowest BCUT2D eigenvalue weighted by atomic mass is 10.1. The molecule has 1 aromatic heterocycles. The maximum absolute atomic E-state index is 13.1. The third-order valence-electron chi connectivity index (χ3n) is 7.68. The van der Waals surface area contributed by atoms with Crippen LogP contribution in [-0.2, 0) is 12.8 Å². The average molecular weight is 520 g/mol. The third-order valence-corrected chi connectivity index (χ3v) is 8.78. The fourth-order valence-electron chi connectivity index (χ4n) is 5.30. The lowest BCUT2D eigenvalue weighted by molar-refractivity contribution is 0.0619. The van der Waals surface area contributed by atoms with Gasteiger partial charge in [0.2, 0.25) is 0 Å². The number of nitrogens with zero attached hydrogens (tertiary/aromatic N) is 5. The van der Waals surface area contributed by atoms with E-state index in [1.54, 1.807) is 11.6 Å². The highest BCUT2D eigenvalue weighted by Crippen LogP contribution is 2.23. The van der Waals surface area contributed by atoms with Gasteiger partial charge in [-0.3, -0.25) is 19.1 Å². The molecule has 0 radical (unpaired) electrons. The van der Waals surface area contributed by atoms with Gasteiger partial charge in [-0.05, 0) is 62.2 Å². The van der Waals surface area contributed by atoms with E-state index in [0.29, 0.717) is 16.3 Å². The maximum Gasteiger partial charge on any atom is 0.262 e. The van der Waals surface area contributed by atoms with E-state index < -0.39 is 0 Å². The SMILES string of the molecule is Cc1cccc2nc(SCc3ccc(C(=O)N4CCN(CCN5CCCCC5)CC4)cc3)n(C)c(=O)c12. The van der Waals surface area contributed by atoms with Gasteiger partial charge < -0.3 is 9.80 Å². The van der Waals surface area contributed by atoms with Crippen molar-refractivity contribution >= 4 is 28.6 Å². The number of carbonyl (C=O) groups is 1. The molecule has 196 valence electrons. The van der Waals surface area contributed by atoms with E-state index in [4.69, 9.17) is 4.98 Å². The number of hydrogen-bond donors (Lipinski definition) is 0. The maximum atomic E-state index is 13.1. The molecular weight excluding hydrogens is 482 g/mol. The topological polar surface area (TPSA) is 61.7 Å². The number of likely N-dealkylation sites (tertiary alicyclic amines) is 1. The minimum absolute atomic E-state index is 0.0156. The second kappa shape index (κ2) is 11.8. The van der Waals surface area contributed by atoms with E-state index in [1.807, 2.05) is 54.3 Å².